The lowest BCUT2D eigenvalue weighted by Gasteiger charge is -2.47. The molecule has 3 heterocycles. The monoisotopic (exact) mass is 480 g/mol. The Morgan fingerprint density at radius 1 is 1.32 bits per heavy atom. The topological polar surface area (TPSA) is 77.0 Å². The summed E-state index contributed by atoms with van der Waals surface area (Å²) in [4.78, 5) is 34.6. The van der Waals surface area contributed by atoms with E-state index in [2.05, 4.69) is 11.6 Å². The molecule has 1 aromatic heterocycles. The number of aromatic hydroxyl groups is 1. The Morgan fingerprint density at radius 2 is 2.09 bits per heavy atom. The maximum absolute atomic E-state index is 15.9. The number of hydrogen-bond donors (Lipinski definition) is 1. The first-order valence-corrected chi connectivity index (χ1v) is 11.2. The average Bonchev–Trinajstić information content (AvgIpc) is 2.82. The fraction of sp³-hybridized carbons (Fsp3) is 0.240. The second kappa shape index (κ2) is 7.99. The lowest BCUT2D eigenvalue weighted by Crippen LogP contribution is -2.62. The molecule has 7 nitrogen and oxygen atoms in total. The van der Waals surface area contributed by atoms with Crippen LogP contribution in [0.15, 0.2) is 43.1 Å². The standard InChI is InChI=1S/C25H22ClFN4O3/c1-4-19(33)30-8-9-31-17(12-30)25(34)29(3)16-11-28-23-14(24(16)31)10-15(26)21(22(23)27)20-13(2)6-5-7-18(20)32/h4-7,10-11,17,32H,1,8-9,12H2,2-3H3/t17-/m1/s1. The number of halogens is 2. The molecule has 5 rings (SSSR count). The Kier molecular flexibility index (Phi) is 5.20. The quantitative estimate of drug-likeness (QED) is 0.563. The SMILES string of the molecule is C=CC(=O)N1CCN2c3c(cnc4c(F)c(-c5c(C)cccc5O)c(Cl)cc34)N(C)C(=O)[C@H]2C1. The van der Waals surface area contributed by atoms with Gasteiger partial charge in [0.1, 0.15) is 17.3 Å². The summed E-state index contributed by atoms with van der Waals surface area (Å²) < 4.78 is 15.9. The number of benzene rings is 2. The van der Waals surface area contributed by atoms with Gasteiger partial charge in [0.2, 0.25) is 5.91 Å². The third-order valence-corrected chi connectivity index (χ3v) is 6.94. The molecule has 3 aromatic rings. The predicted molar refractivity (Wildman–Crippen MR) is 130 cm³/mol. The first-order chi connectivity index (χ1) is 16.2. The number of nitrogens with zero attached hydrogens (tertiary/aromatic N) is 4. The van der Waals surface area contributed by atoms with Crippen molar-refractivity contribution in [3.8, 4) is 16.9 Å². The van der Waals surface area contributed by atoms with Crippen LogP contribution in [0.2, 0.25) is 5.02 Å². The first kappa shape index (κ1) is 22.2. The highest BCUT2D eigenvalue weighted by molar-refractivity contribution is 6.35. The Hall–Kier alpha value is -3.65. The van der Waals surface area contributed by atoms with Crippen LogP contribution in [0.3, 0.4) is 0 Å². The number of rotatable bonds is 2. The molecule has 34 heavy (non-hydrogen) atoms. The largest absolute Gasteiger partial charge is 0.507 e. The van der Waals surface area contributed by atoms with Gasteiger partial charge in [-0.1, -0.05) is 30.3 Å². The van der Waals surface area contributed by atoms with Gasteiger partial charge in [0, 0.05) is 36.7 Å². The maximum Gasteiger partial charge on any atom is 0.251 e. The Morgan fingerprint density at radius 3 is 2.79 bits per heavy atom. The lowest BCUT2D eigenvalue weighted by molar-refractivity contribution is -0.128. The first-order valence-electron chi connectivity index (χ1n) is 10.8. The van der Waals surface area contributed by atoms with Crippen LogP contribution >= 0.6 is 11.6 Å². The van der Waals surface area contributed by atoms with E-state index in [1.165, 1.54) is 23.2 Å². The molecule has 0 aliphatic carbocycles. The van der Waals surface area contributed by atoms with Gasteiger partial charge in [-0.05, 0) is 30.7 Å². The summed E-state index contributed by atoms with van der Waals surface area (Å²) in [6.07, 6.45) is 2.71. The van der Waals surface area contributed by atoms with Gasteiger partial charge in [-0.25, -0.2) is 4.39 Å². The van der Waals surface area contributed by atoms with Gasteiger partial charge in [0.15, 0.2) is 5.82 Å². The third kappa shape index (κ3) is 3.13. The fourth-order valence-electron chi connectivity index (χ4n) is 4.93. The number of phenolic OH excluding ortho intramolecular Hbond substituents is 1. The van der Waals surface area contributed by atoms with Crippen LogP contribution in [0.4, 0.5) is 15.8 Å². The van der Waals surface area contributed by atoms with Crippen LogP contribution in [0.25, 0.3) is 22.0 Å². The average molecular weight is 481 g/mol. The number of amides is 2. The smallest absolute Gasteiger partial charge is 0.251 e. The van der Waals surface area contributed by atoms with Crippen molar-refractivity contribution in [1.82, 2.24) is 9.88 Å². The highest BCUT2D eigenvalue weighted by Crippen LogP contribution is 2.46. The van der Waals surface area contributed by atoms with Gasteiger partial charge >= 0.3 is 0 Å². The Labute approximate surface area is 200 Å². The lowest BCUT2D eigenvalue weighted by atomic mass is 9.95. The summed E-state index contributed by atoms with van der Waals surface area (Å²) in [6, 6.07) is 5.94. The minimum absolute atomic E-state index is 0.0773. The number of carbonyl (C=O) groups excluding carboxylic acids is 2. The number of aromatic nitrogens is 1. The number of fused-ring (bicyclic) bond motifs is 5. The van der Waals surface area contributed by atoms with E-state index >= 15 is 4.39 Å². The number of aryl methyl sites for hydroxylation is 1. The van der Waals surface area contributed by atoms with Crippen LogP contribution in [0.1, 0.15) is 5.56 Å². The second-order valence-electron chi connectivity index (χ2n) is 8.50. The number of likely N-dealkylation sites (N-methyl/N-ethyl adjacent to an activating group) is 1. The van der Waals surface area contributed by atoms with Crippen molar-refractivity contribution in [3.05, 3.63) is 59.5 Å². The van der Waals surface area contributed by atoms with E-state index in [0.717, 1.165) is 0 Å². The molecule has 0 radical (unpaired) electrons. The molecule has 0 unspecified atom stereocenters. The van der Waals surface area contributed by atoms with Crippen molar-refractivity contribution in [1.29, 1.82) is 0 Å². The number of anilines is 2. The number of piperazine rings is 1. The summed E-state index contributed by atoms with van der Waals surface area (Å²) in [5.41, 5.74) is 2.34. The molecule has 2 aromatic carbocycles. The maximum atomic E-state index is 15.9. The van der Waals surface area contributed by atoms with E-state index in [-0.39, 0.29) is 40.2 Å². The van der Waals surface area contributed by atoms with Crippen LogP contribution in [-0.4, -0.2) is 59.5 Å². The second-order valence-corrected chi connectivity index (χ2v) is 8.91. The minimum atomic E-state index is -0.647. The molecule has 174 valence electrons. The molecule has 1 N–H and O–H groups in total. The van der Waals surface area contributed by atoms with Gasteiger partial charge < -0.3 is 19.8 Å². The zero-order chi connectivity index (χ0) is 24.3. The molecule has 2 aliphatic heterocycles. The van der Waals surface area contributed by atoms with Gasteiger partial charge in [-0.15, -0.1) is 0 Å². The Balaban J connectivity index is 1.72. The molecule has 1 saturated heterocycles. The highest BCUT2D eigenvalue weighted by Gasteiger charge is 2.42. The van der Waals surface area contributed by atoms with Gasteiger partial charge in [-0.2, -0.15) is 0 Å². The molecule has 0 bridgehead atoms. The van der Waals surface area contributed by atoms with Crippen LogP contribution < -0.4 is 9.80 Å². The summed E-state index contributed by atoms with van der Waals surface area (Å²) in [5.74, 6) is -1.14. The fourth-order valence-corrected chi connectivity index (χ4v) is 5.21. The number of hydrogen-bond acceptors (Lipinski definition) is 5. The normalized spacial score (nSPS) is 17.6. The van der Waals surface area contributed by atoms with Gasteiger partial charge in [-0.3, -0.25) is 14.6 Å². The molecule has 0 saturated carbocycles. The van der Waals surface area contributed by atoms with Crippen molar-refractivity contribution in [2.75, 3.05) is 36.5 Å². The molecule has 9 heteroatoms. The van der Waals surface area contributed by atoms with E-state index in [1.807, 2.05) is 4.90 Å². The zero-order valence-electron chi connectivity index (χ0n) is 18.7. The van der Waals surface area contributed by atoms with Crippen LogP contribution in [-0.2, 0) is 9.59 Å². The molecule has 1 atom stereocenters. The van der Waals surface area contributed by atoms with Crippen molar-refractivity contribution in [2.24, 2.45) is 0 Å². The molecule has 1 fully saturated rings. The van der Waals surface area contributed by atoms with Gasteiger partial charge in [0.25, 0.3) is 5.91 Å². The van der Waals surface area contributed by atoms with Crippen molar-refractivity contribution in [3.63, 3.8) is 0 Å². The number of phenols is 1. The summed E-state index contributed by atoms with van der Waals surface area (Å²) >= 11 is 6.61. The van der Waals surface area contributed by atoms with E-state index in [9.17, 15) is 14.7 Å². The van der Waals surface area contributed by atoms with Crippen molar-refractivity contribution < 1.29 is 19.1 Å². The van der Waals surface area contributed by atoms with Crippen molar-refractivity contribution in [2.45, 2.75) is 13.0 Å². The number of carbonyl (C=O) groups is 2. The van der Waals surface area contributed by atoms with Crippen molar-refractivity contribution >= 4 is 45.7 Å². The van der Waals surface area contributed by atoms with Crippen LogP contribution in [0.5, 0.6) is 5.75 Å². The Bertz CT molecular complexity index is 1370. The van der Waals surface area contributed by atoms with E-state index in [0.29, 0.717) is 41.0 Å². The molecule has 2 amide bonds. The highest BCUT2D eigenvalue weighted by atomic mass is 35.5. The summed E-state index contributed by atoms with van der Waals surface area (Å²) in [5, 5.41) is 11.0. The van der Waals surface area contributed by atoms with E-state index in [1.54, 1.807) is 37.1 Å². The minimum Gasteiger partial charge on any atom is -0.507 e. The van der Waals surface area contributed by atoms with E-state index in [4.69, 9.17) is 11.6 Å². The molecule has 2 aliphatic rings. The molecule has 0 spiro atoms. The predicted octanol–water partition coefficient (Wildman–Crippen LogP) is 3.89. The zero-order valence-corrected chi connectivity index (χ0v) is 19.4. The molecular formula is C25H22ClFN4O3. The van der Waals surface area contributed by atoms with Crippen LogP contribution in [0, 0.1) is 12.7 Å². The van der Waals surface area contributed by atoms with Gasteiger partial charge in [0.05, 0.1) is 29.1 Å². The third-order valence-electron chi connectivity index (χ3n) is 6.64. The number of pyridine rings is 1. The summed E-state index contributed by atoms with van der Waals surface area (Å²) in [7, 11) is 1.64. The summed E-state index contributed by atoms with van der Waals surface area (Å²) in [6.45, 7) is 6.28. The van der Waals surface area contributed by atoms with E-state index < -0.39 is 11.9 Å². The molecular weight excluding hydrogens is 459 g/mol.